The molecule has 4 nitrogen and oxygen atoms in total. The number of amides is 1. The molecule has 2 aromatic carbocycles. The minimum Gasteiger partial charge on any atom is -0.350 e. The predicted octanol–water partition coefficient (Wildman–Crippen LogP) is 6.58. The molecule has 1 aromatic heterocycles. The van der Waals surface area contributed by atoms with Crippen LogP contribution in [0.15, 0.2) is 61.3 Å². The Bertz CT molecular complexity index is 1180. The van der Waals surface area contributed by atoms with Crippen LogP contribution in [0.3, 0.4) is 0 Å². The highest BCUT2D eigenvalue weighted by molar-refractivity contribution is 6.33. The van der Waals surface area contributed by atoms with Crippen LogP contribution < -0.4 is 0 Å². The number of methoxy groups -OCH3 is 1. The van der Waals surface area contributed by atoms with Crippen LogP contribution in [-0.4, -0.2) is 22.9 Å². The van der Waals surface area contributed by atoms with Crippen molar-refractivity contribution in [1.29, 1.82) is 0 Å². The smallest absolute Gasteiger partial charge is 0.257 e. The Balaban J connectivity index is 1.96. The highest BCUT2D eigenvalue weighted by Gasteiger charge is 2.53. The zero-order valence-electron chi connectivity index (χ0n) is 17.0. The molecular weight excluding hydrogens is 455 g/mol. The van der Waals surface area contributed by atoms with Crippen LogP contribution in [0.5, 0.6) is 0 Å². The molecule has 0 fully saturated rings. The van der Waals surface area contributed by atoms with Crippen LogP contribution in [0, 0.1) is 0 Å². The van der Waals surface area contributed by atoms with Gasteiger partial charge in [-0.05, 0) is 48.9 Å². The van der Waals surface area contributed by atoms with Crippen LogP contribution >= 0.6 is 34.8 Å². The molecule has 1 atom stereocenters. The van der Waals surface area contributed by atoms with Gasteiger partial charge in [0, 0.05) is 29.5 Å². The van der Waals surface area contributed by atoms with E-state index in [2.05, 4.69) is 11.6 Å². The van der Waals surface area contributed by atoms with Gasteiger partial charge in [0.15, 0.2) is 5.72 Å². The van der Waals surface area contributed by atoms with Crippen molar-refractivity contribution < 1.29 is 9.53 Å². The average Bonchev–Trinajstić information content (AvgIpc) is 2.99. The van der Waals surface area contributed by atoms with Crippen molar-refractivity contribution in [1.82, 2.24) is 9.88 Å². The third kappa shape index (κ3) is 3.64. The molecule has 0 N–H and O–H groups in total. The first-order valence-electron chi connectivity index (χ1n) is 9.51. The molecule has 0 aliphatic carbocycles. The molecule has 31 heavy (non-hydrogen) atoms. The minimum atomic E-state index is -1.25. The van der Waals surface area contributed by atoms with Gasteiger partial charge < -0.3 is 4.74 Å². The SMILES string of the molecule is C=C(C)c1cc(Cl)c2c(c1)C(=O)N(Cc1ccc(Cl)cn1)C2(OC)c1ccc(Cl)cc1. The van der Waals surface area contributed by atoms with Gasteiger partial charge in [-0.1, -0.05) is 59.1 Å². The molecule has 2 heterocycles. The molecule has 0 saturated carbocycles. The summed E-state index contributed by atoms with van der Waals surface area (Å²) >= 11 is 18.9. The van der Waals surface area contributed by atoms with Crippen LogP contribution in [-0.2, 0) is 17.0 Å². The van der Waals surface area contributed by atoms with E-state index in [1.807, 2.05) is 31.2 Å². The standard InChI is InChI=1S/C24H19Cl3N2O2/c1-14(2)15-10-20-22(21(27)11-15)24(31-3,16-4-6-17(25)7-5-16)29(23(20)30)13-19-9-8-18(26)12-28-19/h4-12H,1,13H2,2-3H3. The van der Waals surface area contributed by atoms with Gasteiger partial charge in [0.2, 0.25) is 0 Å². The molecular formula is C24H19Cl3N2O2. The summed E-state index contributed by atoms with van der Waals surface area (Å²) in [5, 5.41) is 1.52. The van der Waals surface area contributed by atoms with Gasteiger partial charge in [0.1, 0.15) is 0 Å². The van der Waals surface area contributed by atoms with Gasteiger partial charge in [-0.2, -0.15) is 0 Å². The number of rotatable bonds is 5. The summed E-state index contributed by atoms with van der Waals surface area (Å²) in [5.41, 5.74) is 2.81. The lowest BCUT2D eigenvalue weighted by Gasteiger charge is -2.38. The van der Waals surface area contributed by atoms with E-state index in [9.17, 15) is 4.79 Å². The van der Waals surface area contributed by atoms with E-state index in [4.69, 9.17) is 39.5 Å². The number of ether oxygens (including phenoxy) is 1. The Morgan fingerprint density at radius 1 is 1.10 bits per heavy atom. The Kier molecular flexibility index (Phi) is 5.84. The summed E-state index contributed by atoms with van der Waals surface area (Å²) in [4.78, 5) is 19.7. The molecule has 4 rings (SSSR count). The summed E-state index contributed by atoms with van der Waals surface area (Å²) in [6, 6.07) is 14.3. The molecule has 1 aliphatic heterocycles. The van der Waals surface area contributed by atoms with Gasteiger partial charge in [0.05, 0.1) is 27.8 Å². The number of carbonyl (C=O) groups is 1. The summed E-state index contributed by atoms with van der Waals surface area (Å²) in [6.07, 6.45) is 1.55. The van der Waals surface area contributed by atoms with E-state index in [1.54, 1.807) is 42.5 Å². The molecule has 1 amide bonds. The van der Waals surface area contributed by atoms with Gasteiger partial charge >= 0.3 is 0 Å². The first kappa shape index (κ1) is 21.8. The first-order chi connectivity index (χ1) is 14.8. The number of pyridine rings is 1. The number of hydrogen-bond donors (Lipinski definition) is 0. The fourth-order valence-corrected chi connectivity index (χ4v) is 4.53. The normalized spacial score (nSPS) is 17.7. The molecule has 3 aromatic rings. The second kappa shape index (κ2) is 8.29. The van der Waals surface area contributed by atoms with Crippen LogP contribution in [0.4, 0.5) is 0 Å². The Hall–Kier alpha value is -2.37. The van der Waals surface area contributed by atoms with Crippen molar-refractivity contribution in [3.8, 4) is 0 Å². The lowest BCUT2D eigenvalue weighted by molar-refractivity contribution is -0.0867. The molecule has 0 bridgehead atoms. The molecule has 1 unspecified atom stereocenters. The molecule has 7 heteroatoms. The Morgan fingerprint density at radius 2 is 1.77 bits per heavy atom. The van der Waals surface area contributed by atoms with Crippen molar-refractivity contribution >= 4 is 46.3 Å². The number of hydrogen-bond acceptors (Lipinski definition) is 3. The third-order valence-electron chi connectivity index (χ3n) is 5.42. The molecule has 1 aliphatic rings. The van der Waals surface area contributed by atoms with E-state index in [0.29, 0.717) is 31.9 Å². The zero-order valence-corrected chi connectivity index (χ0v) is 19.2. The monoisotopic (exact) mass is 472 g/mol. The van der Waals surface area contributed by atoms with Crippen LogP contribution in [0.25, 0.3) is 5.57 Å². The second-order valence-electron chi connectivity index (χ2n) is 7.38. The first-order valence-corrected chi connectivity index (χ1v) is 10.6. The fraction of sp³-hybridized carbons (Fsp3) is 0.167. The van der Waals surface area contributed by atoms with E-state index in [0.717, 1.165) is 16.7 Å². The van der Waals surface area contributed by atoms with Crippen LogP contribution in [0.2, 0.25) is 15.1 Å². The van der Waals surface area contributed by atoms with E-state index >= 15 is 0 Å². The van der Waals surface area contributed by atoms with Gasteiger partial charge in [-0.15, -0.1) is 0 Å². The minimum absolute atomic E-state index is 0.194. The Morgan fingerprint density at radius 3 is 2.35 bits per heavy atom. The van der Waals surface area contributed by atoms with Gasteiger partial charge in [0.25, 0.3) is 5.91 Å². The topological polar surface area (TPSA) is 42.4 Å². The fourth-order valence-electron chi connectivity index (χ4n) is 3.94. The predicted molar refractivity (Wildman–Crippen MR) is 125 cm³/mol. The summed E-state index contributed by atoms with van der Waals surface area (Å²) in [6.45, 7) is 6.05. The summed E-state index contributed by atoms with van der Waals surface area (Å²) in [5.74, 6) is -0.214. The number of aromatic nitrogens is 1. The third-order valence-corrected chi connectivity index (χ3v) is 6.19. The van der Waals surface area contributed by atoms with Gasteiger partial charge in [-0.25, -0.2) is 0 Å². The van der Waals surface area contributed by atoms with Crippen molar-refractivity contribution in [3.05, 3.63) is 104 Å². The van der Waals surface area contributed by atoms with Crippen molar-refractivity contribution in [3.63, 3.8) is 0 Å². The van der Waals surface area contributed by atoms with E-state index < -0.39 is 5.72 Å². The number of fused-ring (bicyclic) bond motifs is 1. The van der Waals surface area contributed by atoms with Crippen molar-refractivity contribution in [2.24, 2.45) is 0 Å². The second-order valence-corrected chi connectivity index (χ2v) is 8.66. The Labute approximate surface area is 196 Å². The lowest BCUT2D eigenvalue weighted by atomic mass is 9.91. The maximum Gasteiger partial charge on any atom is 0.257 e. The largest absolute Gasteiger partial charge is 0.350 e. The maximum atomic E-state index is 13.7. The number of halogens is 3. The number of benzene rings is 2. The maximum absolute atomic E-state index is 13.7. The van der Waals surface area contributed by atoms with Crippen molar-refractivity contribution in [2.75, 3.05) is 7.11 Å². The highest BCUT2D eigenvalue weighted by atomic mass is 35.5. The number of nitrogens with zero attached hydrogens (tertiary/aromatic N) is 2. The summed E-state index contributed by atoms with van der Waals surface area (Å²) < 4.78 is 6.11. The van der Waals surface area contributed by atoms with Crippen LogP contribution in [0.1, 0.15) is 39.7 Å². The number of carbonyl (C=O) groups excluding carboxylic acids is 1. The molecule has 158 valence electrons. The quantitative estimate of drug-likeness (QED) is 0.420. The molecule has 0 radical (unpaired) electrons. The zero-order chi connectivity index (χ0) is 22.3. The van der Waals surface area contributed by atoms with Crippen molar-refractivity contribution in [2.45, 2.75) is 19.2 Å². The van der Waals surface area contributed by atoms with Gasteiger partial charge in [-0.3, -0.25) is 14.7 Å². The highest BCUT2D eigenvalue weighted by Crippen LogP contribution is 2.49. The average molecular weight is 474 g/mol. The van der Waals surface area contributed by atoms with E-state index in [1.165, 1.54) is 0 Å². The van der Waals surface area contributed by atoms with E-state index in [-0.39, 0.29) is 12.5 Å². The number of allylic oxidation sites excluding steroid dienone is 1. The lowest BCUT2D eigenvalue weighted by Crippen LogP contribution is -2.46. The molecule has 0 saturated heterocycles. The molecule has 0 spiro atoms. The summed E-state index contributed by atoms with van der Waals surface area (Å²) in [7, 11) is 1.56.